The molecule has 0 radical (unpaired) electrons. The second kappa shape index (κ2) is 8.42. The van der Waals surface area contributed by atoms with Crippen LogP contribution < -0.4 is 10.5 Å². The first-order valence-corrected chi connectivity index (χ1v) is 12.0. The van der Waals surface area contributed by atoms with Crippen molar-refractivity contribution in [1.82, 2.24) is 24.3 Å². The van der Waals surface area contributed by atoms with Crippen molar-refractivity contribution in [2.45, 2.75) is 49.2 Å². The number of nitrogen functional groups attached to an aromatic ring is 1. The number of aryl methyl sites for hydroxylation is 1. The number of imidazole rings is 1. The Morgan fingerprint density at radius 1 is 1.31 bits per heavy atom. The molecule has 0 aliphatic heterocycles. The molecule has 0 saturated heterocycles. The Hall–Kier alpha value is -3.77. The third kappa shape index (κ3) is 4.44. The maximum Gasteiger partial charge on any atom is 0.490 e. The molecular weight excluding hydrogens is 503 g/mol. The Balaban J connectivity index is 0.000000384. The molecule has 36 heavy (non-hydrogen) atoms. The van der Waals surface area contributed by atoms with E-state index in [0.717, 1.165) is 6.42 Å². The summed E-state index contributed by atoms with van der Waals surface area (Å²) in [4.78, 5) is 17.4. The van der Waals surface area contributed by atoms with Crippen molar-refractivity contribution in [2.75, 3.05) is 5.73 Å². The van der Waals surface area contributed by atoms with Crippen molar-refractivity contribution in [3.8, 4) is 17.3 Å². The van der Waals surface area contributed by atoms with E-state index in [1.54, 1.807) is 22.7 Å². The highest BCUT2D eigenvalue weighted by molar-refractivity contribution is 7.89. The zero-order chi connectivity index (χ0) is 26.5. The number of hydrogen-bond donors (Lipinski definition) is 3. The van der Waals surface area contributed by atoms with Crippen molar-refractivity contribution < 1.29 is 31.5 Å². The first-order chi connectivity index (χ1) is 16.7. The number of benzene rings is 1. The summed E-state index contributed by atoms with van der Waals surface area (Å²) in [5.74, 6) is -2.50. The van der Waals surface area contributed by atoms with Gasteiger partial charge in [-0.25, -0.2) is 32.4 Å². The summed E-state index contributed by atoms with van der Waals surface area (Å²) in [5.41, 5.74) is 7.47. The molecule has 3 saturated carbocycles. The zero-order valence-electron chi connectivity index (χ0n) is 18.7. The number of nitriles is 1. The molecule has 3 aliphatic carbocycles. The highest BCUT2D eigenvalue weighted by Gasteiger charge is 2.62. The number of halogens is 3. The molecule has 4 N–H and O–H groups in total. The Labute approximate surface area is 202 Å². The monoisotopic (exact) mass is 523 g/mol. The highest BCUT2D eigenvalue weighted by atomic mass is 32.2. The van der Waals surface area contributed by atoms with Gasteiger partial charge in [0.15, 0.2) is 11.5 Å². The molecule has 3 aliphatic rings. The minimum absolute atomic E-state index is 0.169. The normalized spacial score (nSPS) is 22.9. The van der Waals surface area contributed by atoms with Crippen molar-refractivity contribution >= 4 is 27.5 Å². The third-order valence-corrected chi connectivity index (χ3v) is 7.88. The van der Waals surface area contributed by atoms with Gasteiger partial charge in [0.2, 0.25) is 10.0 Å². The molecule has 15 heteroatoms. The average Bonchev–Trinajstić information content (AvgIpc) is 3.42. The van der Waals surface area contributed by atoms with Crippen LogP contribution in [-0.2, 0) is 14.8 Å². The fourth-order valence-corrected chi connectivity index (χ4v) is 6.29. The fraction of sp³-hybridized carbons (Fsp3) is 0.381. The molecule has 11 nitrogen and oxygen atoms in total. The minimum Gasteiger partial charge on any atom is -0.475 e. The molecule has 1 aromatic carbocycles. The van der Waals surface area contributed by atoms with Gasteiger partial charge in [-0.05, 0) is 44.7 Å². The standard InChI is InChI=1S/C19H19N7O2S.C2HF3O2/c1-12-15(26-17(24-12)16(21)22-11-23-26)13-3-2-4-14(7-13)29(27,28)25-19-6-5-18(8-19,9-19)10-20;3-2(4,5)1(6)7/h2-4,7,11,25H,5-6,8-9H2,1H3,(H2,21,22,23);(H,6,7). The zero-order valence-corrected chi connectivity index (χ0v) is 19.6. The number of aliphatic carboxylic acids is 1. The van der Waals surface area contributed by atoms with Gasteiger partial charge in [-0.3, -0.25) is 0 Å². The quantitative estimate of drug-likeness (QED) is 0.463. The molecule has 3 aromatic rings. The van der Waals surface area contributed by atoms with Crippen LogP contribution in [0.25, 0.3) is 16.9 Å². The van der Waals surface area contributed by atoms with Gasteiger partial charge in [-0.15, -0.1) is 0 Å². The molecule has 2 aromatic heterocycles. The first kappa shape index (κ1) is 25.3. The topological polar surface area (TPSA) is 176 Å². The Bertz CT molecular complexity index is 1510. The smallest absolute Gasteiger partial charge is 0.475 e. The minimum atomic E-state index is -5.08. The van der Waals surface area contributed by atoms with Gasteiger partial charge in [0.25, 0.3) is 0 Å². The van der Waals surface area contributed by atoms with Gasteiger partial charge in [-0.1, -0.05) is 12.1 Å². The summed E-state index contributed by atoms with van der Waals surface area (Å²) < 4.78 is 62.3. The van der Waals surface area contributed by atoms with Crippen LogP contribution in [0.4, 0.5) is 19.0 Å². The second-order valence-electron chi connectivity index (χ2n) is 8.89. The molecule has 0 atom stereocenters. The summed E-state index contributed by atoms with van der Waals surface area (Å²) in [5, 5.41) is 20.7. The highest BCUT2D eigenvalue weighted by Crippen LogP contribution is 2.61. The molecule has 0 amide bonds. The number of nitrogens with two attached hydrogens (primary N) is 1. The number of nitrogens with zero attached hydrogens (tertiary/aromatic N) is 5. The lowest BCUT2D eigenvalue weighted by Crippen LogP contribution is -2.55. The van der Waals surface area contributed by atoms with Crippen LogP contribution in [0.5, 0.6) is 0 Å². The lowest BCUT2D eigenvalue weighted by molar-refractivity contribution is -0.192. The third-order valence-electron chi connectivity index (χ3n) is 6.31. The predicted molar refractivity (Wildman–Crippen MR) is 119 cm³/mol. The van der Waals surface area contributed by atoms with Crippen molar-refractivity contribution in [3.63, 3.8) is 0 Å². The van der Waals surface area contributed by atoms with Gasteiger partial charge >= 0.3 is 12.1 Å². The first-order valence-electron chi connectivity index (χ1n) is 10.5. The van der Waals surface area contributed by atoms with Gasteiger partial charge in [-0.2, -0.15) is 23.5 Å². The number of carbonyl (C=O) groups is 1. The Morgan fingerprint density at radius 2 is 1.97 bits per heavy atom. The molecule has 3 fully saturated rings. The van der Waals surface area contributed by atoms with Gasteiger partial charge < -0.3 is 10.8 Å². The number of aromatic nitrogens is 4. The number of hydrogen-bond acceptors (Lipinski definition) is 8. The Kier molecular flexibility index (Phi) is 5.92. The van der Waals surface area contributed by atoms with Crippen LogP contribution >= 0.6 is 0 Å². The van der Waals surface area contributed by atoms with Crippen molar-refractivity contribution in [2.24, 2.45) is 5.41 Å². The largest absolute Gasteiger partial charge is 0.490 e. The summed E-state index contributed by atoms with van der Waals surface area (Å²) in [6.07, 6.45) is -1.14. The molecule has 190 valence electrons. The number of rotatable bonds is 4. The van der Waals surface area contributed by atoms with Crippen LogP contribution in [0.2, 0.25) is 0 Å². The summed E-state index contributed by atoms with van der Waals surface area (Å²) in [6, 6.07) is 9.03. The number of anilines is 1. The predicted octanol–water partition coefficient (Wildman–Crippen LogP) is 2.43. The average molecular weight is 523 g/mol. The Morgan fingerprint density at radius 3 is 2.56 bits per heavy atom. The van der Waals surface area contributed by atoms with Crippen LogP contribution in [0.1, 0.15) is 31.4 Å². The van der Waals surface area contributed by atoms with Crippen molar-refractivity contribution in [3.05, 3.63) is 36.3 Å². The van der Waals surface area contributed by atoms with Crippen LogP contribution in [0, 0.1) is 23.7 Å². The maximum atomic E-state index is 13.1. The van der Waals surface area contributed by atoms with E-state index >= 15 is 0 Å². The van der Waals surface area contributed by atoms with E-state index in [2.05, 4.69) is 25.9 Å². The summed E-state index contributed by atoms with van der Waals surface area (Å²) in [7, 11) is -3.73. The van der Waals surface area contributed by atoms with E-state index in [9.17, 15) is 26.9 Å². The molecule has 6 rings (SSSR count). The number of alkyl halides is 3. The van der Waals surface area contributed by atoms with Crippen LogP contribution in [0.3, 0.4) is 0 Å². The maximum absolute atomic E-state index is 13.1. The van der Waals surface area contributed by atoms with E-state index < -0.39 is 27.7 Å². The number of nitrogens with one attached hydrogen (secondary N) is 1. The summed E-state index contributed by atoms with van der Waals surface area (Å²) >= 11 is 0. The molecule has 2 heterocycles. The molecule has 0 spiro atoms. The van der Waals surface area contributed by atoms with Crippen molar-refractivity contribution in [1.29, 1.82) is 5.26 Å². The van der Waals surface area contributed by atoms with Crippen LogP contribution in [-0.4, -0.2) is 50.8 Å². The summed E-state index contributed by atoms with van der Waals surface area (Å²) in [6.45, 7) is 1.82. The van der Waals surface area contributed by atoms with Gasteiger partial charge in [0.05, 0.1) is 27.8 Å². The van der Waals surface area contributed by atoms with Gasteiger partial charge in [0.1, 0.15) is 6.33 Å². The number of carboxylic acids is 1. The van der Waals surface area contributed by atoms with Crippen LogP contribution in [0.15, 0.2) is 35.5 Å². The van der Waals surface area contributed by atoms with E-state index in [-0.39, 0.29) is 16.1 Å². The molecule has 0 unspecified atom stereocenters. The van der Waals surface area contributed by atoms with E-state index in [4.69, 9.17) is 15.6 Å². The SMILES string of the molecule is Cc1nc2c(N)ncnn2c1-c1cccc(S(=O)(=O)NC23CCC(C#N)(C2)C3)c1.O=C(O)C(F)(F)F. The lowest BCUT2D eigenvalue weighted by atomic mass is 9.66. The second-order valence-corrected chi connectivity index (χ2v) is 10.6. The number of fused-ring (bicyclic) bond motifs is 2. The molecule has 2 bridgehead atoms. The van der Waals surface area contributed by atoms with Gasteiger partial charge in [0, 0.05) is 11.1 Å². The number of sulfonamides is 1. The number of carboxylic acid groups (broad SMARTS) is 1. The molecular formula is C21H20F3N7O4S. The lowest BCUT2D eigenvalue weighted by Gasteiger charge is -2.43. The fourth-order valence-electron chi connectivity index (χ4n) is 4.81. The van der Waals surface area contributed by atoms with E-state index in [1.165, 1.54) is 6.33 Å². The van der Waals surface area contributed by atoms with E-state index in [0.29, 0.717) is 41.9 Å². The van der Waals surface area contributed by atoms with E-state index in [1.807, 2.05) is 13.0 Å².